The molecule has 0 atom stereocenters. The first kappa shape index (κ1) is 10.3. The molecule has 0 amide bonds. The minimum Gasteiger partial charge on any atom is -0.364 e. The Morgan fingerprint density at radius 1 is 1.35 bits per heavy atom. The van der Waals surface area contributed by atoms with Gasteiger partial charge < -0.3 is 9.88 Å². The van der Waals surface area contributed by atoms with Crippen molar-refractivity contribution in [3.05, 3.63) is 35.8 Å². The summed E-state index contributed by atoms with van der Waals surface area (Å²) in [6.07, 6.45) is 5.85. The number of aromatic nitrogens is 4. The van der Waals surface area contributed by atoms with E-state index in [-0.39, 0.29) is 0 Å². The van der Waals surface area contributed by atoms with Gasteiger partial charge in [-0.15, -0.1) is 0 Å². The van der Waals surface area contributed by atoms with Crippen molar-refractivity contribution in [2.75, 3.05) is 5.32 Å². The van der Waals surface area contributed by atoms with Crippen LogP contribution in [0.3, 0.4) is 0 Å². The van der Waals surface area contributed by atoms with E-state index < -0.39 is 0 Å². The summed E-state index contributed by atoms with van der Waals surface area (Å²) in [4.78, 5) is 12.7. The van der Waals surface area contributed by atoms with Crippen LogP contribution in [0, 0.1) is 6.92 Å². The van der Waals surface area contributed by atoms with E-state index in [9.17, 15) is 0 Å². The number of nitrogens with zero attached hydrogens (tertiary/aromatic N) is 4. The molecule has 2 aromatic rings. The minimum atomic E-state index is 0.767. The molecule has 0 aliphatic carbocycles. The molecule has 0 bridgehead atoms. The molecule has 17 heavy (non-hydrogen) atoms. The van der Waals surface area contributed by atoms with Crippen LogP contribution in [0.2, 0.25) is 0 Å². The molecule has 1 aliphatic heterocycles. The predicted octanol–water partition coefficient (Wildman–Crippen LogP) is 1.54. The zero-order valence-corrected chi connectivity index (χ0v) is 9.85. The molecule has 0 radical (unpaired) electrons. The Morgan fingerprint density at radius 3 is 3.18 bits per heavy atom. The maximum Gasteiger partial charge on any atom is 0.129 e. The standard InChI is InChI=1S/C12H15N5/c1-9-5-11(16-8-15-9)13-6-10-7-14-12-3-2-4-17(10)12/h5,7-8H,2-4,6H2,1H3,(H,13,15,16). The van der Waals surface area contributed by atoms with Gasteiger partial charge in [0.25, 0.3) is 0 Å². The third-order valence-corrected chi connectivity index (χ3v) is 3.06. The highest BCUT2D eigenvalue weighted by Crippen LogP contribution is 2.16. The molecule has 5 nitrogen and oxygen atoms in total. The molecular formula is C12H15N5. The quantitative estimate of drug-likeness (QED) is 0.867. The average molecular weight is 229 g/mol. The highest BCUT2D eigenvalue weighted by molar-refractivity contribution is 5.35. The lowest BCUT2D eigenvalue weighted by Crippen LogP contribution is -2.07. The van der Waals surface area contributed by atoms with Crippen LogP contribution in [-0.4, -0.2) is 19.5 Å². The van der Waals surface area contributed by atoms with Gasteiger partial charge in [0, 0.05) is 24.7 Å². The summed E-state index contributed by atoms with van der Waals surface area (Å²) in [5, 5.41) is 3.31. The van der Waals surface area contributed by atoms with Crippen LogP contribution < -0.4 is 5.32 Å². The van der Waals surface area contributed by atoms with Crippen LogP contribution in [0.5, 0.6) is 0 Å². The number of nitrogens with one attached hydrogen (secondary N) is 1. The van der Waals surface area contributed by atoms with Crippen molar-refractivity contribution in [1.29, 1.82) is 0 Å². The number of rotatable bonds is 3. The second kappa shape index (κ2) is 4.16. The van der Waals surface area contributed by atoms with E-state index in [0.717, 1.165) is 31.0 Å². The smallest absolute Gasteiger partial charge is 0.129 e. The fraction of sp³-hybridized carbons (Fsp3) is 0.417. The number of fused-ring (bicyclic) bond motifs is 1. The molecule has 0 fully saturated rings. The molecule has 1 aliphatic rings. The van der Waals surface area contributed by atoms with Gasteiger partial charge >= 0.3 is 0 Å². The van der Waals surface area contributed by atoms with Gasteiger partial charge in [0.15, 0.2) is 0 Å². The monoisotopic (exact) mass is 229 g/mol. The normalized spacial score (nSPS) is 13.7. The first-order valence-electron chi connectivity index (χ1n) is 5.89. The maximum absolute atomic E-state index is 4.42. The molecule has 0 spiro atoms. The molecule has 0 unspecified atom stereocenters. The third kappa shape index (κ3) is 2.00. The van der Waals surface area contributed by atoms with Crippen molar-refractivity contribution in [2.24, 2.45) is 0 Å². The van der Waals surface area contributed by atoms with Gasteiger partial charge in [-0.3, -0.25) is 0 Å². The topological polar surface area (TPSA) is 55.6 Å². The summed E-state index contributed by atoms with van der Waals surface area (Å²) in [5.41, 5.74) is 2.20. The Morgan fingerprint density at radius 2 is 2.29 bits per heavy atom. The van der Waals surface area contributed by atoms with E-state index >= 15 is 0 Å². The lowest BCUT2D eigenvalue weighted by Gasteiger charge is -2.07. The third-order valence-electron chi connectivity index (χ3n) is 3.06. The van der Waals surface area contributed by atoms with E-state index in [1.54, 1.807) is 6.33 Å². The first-order valence-corrected chi connectivity index (χ1v) is 5.89. The maximum atomic E-state index is 4.42. The van der Waals surface area contributed by atoms with Gasteiger partial charge in [-0.1, -0.05) is 0 Å². The summed E-state index contributed by atoms with van der Waals surface area (Å²) in [6, 6.07) is 1.95. The van der Waals surface area contributed by atoms with Crippen molar-refractivity contribution in [2.45, 2.75) is 32.9 Å². The van der Waals surface area contributed by atoms with Gasteiger partial charge in [0.2, 0.25) is 0 Å². The average Bonchev–Trinajstić information content (AvgIpc) is 2.89. The Kier molecular flexibility index (Phi) is 2.51. The second-order valence-electron chi connectivity index (χ2n) is 4.32. The van der Waals surface area contributed by atoms with Crippen LogP contribution >= 0.6 is 0 Å². The molecule has 0 saturated carbocycles. The van der Waals surface area contributed by atoms with Crippen molar-refractivity contribution in [3.8, 4) is 0 Å². The van der Waals surface area contributed by atoms with E-state index in [2.05, 4.69) is 24.8 Å². The van der Waals surface area contributed by atoms with E-state index in [1.165, 1.54) is 17.9 Å². The summed E-state index contributed by atoms with van der Waals surface area (Å²) in [7, 11) is 0. The van der Waals surface area contributed by atoms with Crippen molar-refractivity contribution in [1.82, 2.24) is 19.5 Å². The Labute approximate surface area is 99.9 Å². The zero-order chi connectivity index (χ0) is 11.7. The molecule has 1 N–H and O–H groups in total. The van der Waals surface area contributed by atoms with Gasteiger partial charge in [-0.25, -0.2) is 15.0 Å². The molecule has 0 aromatic carbocycles. The van der Waals surface area contributed by atoms with Gasteiger partial charge in [-0.2, -0.15) is 0 Å². The van der Waals surface area contributed by atoms with Crippen molar-refractivity contribution < 1.29 is 0 Å². The van der Waals surface area contributed by atoms with E-state index in [4.69, 9.17) is 0 Å². The van der Waals surface area contributed by atoms with E-state index in [0.29, 0.717) is 0 Å². The summed E-state index contributed by atoms with van der Waals surface area (Å²) in [5.74, 6) is 2.08. The number of hydrogen-bond acceptors (Lipinski definition) is 4. The highest BCUT2D eigenvalue weighted by Gasteiger charge is 2.14. The predicted molar refractivity (Wildman–Crippen MR) is 64.6 cm³/mol. The Bertz CT molecular complexity index is 531. The second-order valence-corrected chi connectivity index (χ2v) is 4.32. The molecule has 3 heterocycles. The van der Waals surface area contributed by atoms with Crippen molar-refractivity contribution >= 4 is 5.82 Å². The highest BCUT2D eigenvalue weighted by atomic mass is 15.1. The van der Waals surface area contributed by atoms with Crippen LogP contribution in [0.1, 0.15) is 23.6 Å². The molecule has 3 rings (SSSR count). The lowest BCUT2D eigenvalue weighted by atomic mass is 10.3. The summed E-state index contributed by atoms with van der Waals surface area (Å²) < 4.78 is 2.29. The number of hydrogen-bond donors (Lipinski definition) is 1. The van der Waals surface area contributed by atoms with E-state index in [1.807, 2.05) is 19.2 Å². The van der Waals surface area contributed by atoms with Gasteiger partial charge in [0.05, 0.1) is 18.4 Å². The van der Waals surface area contributed by atoms with Crippen LogP contribution in [0.15, 0.2) is 18.6 Å². The Hall–Kier alpha value is -1.91. The van der Waals surface area contributed by atoms with Crippen LogP contribution in [0.4, 0.5) is 5.82 Å². The number of anilines is 1. The number of aryl methyl sites for hydroxylation is 2. The Balaban J connectivity index is 1.72. The van der Waals surface area contributed by atoms with Crippen LogP contribution in [0.25, 0.3) is 0 Å². The largest absolute Gasteiger partial charge is 0.364 e. The fourth-order valence-corrected chi connectivity index (χ4v) is 2.20. The molecule has 0 saturated heterocycles. The number of imidazole rings is 1. The van der Waals surface area contributed by atoms with Gasteiger partial charge in [0.1, 0.15) is 18.0 Å². The minimum absolute atomic E-state index is 0.767. The van der Waals surface area contributed by atoms with Crippen molar-refractivity contribution in [3.63, 3.8) is 0 Å². The van der Waals surface area contributed by atoms with Crippen LogP contribution in [-0.2, 0) is 19.5 Å². The lowest BCUT2D eigenvalue weighted by molar-refractivity contribution is 0.713. The molecule has 88 valence electrons. The molecule has 5 heteroatoms. The van der Waals surface area contributed by atoms with Gasteiger partial charge in [-0.05, 0) is 13.3 Å². The summed E-state index contributed by atoms with van der Waals surface area (Å²) in [6.45, 7) is 3.82. The molecule has 2 aromatic heterocycles. The zero-order valence-electron chi connectivity index (χ0n) is 9.85. The fourth-order valence-electron chi connectivity index (χ4n) is 2.20. The summed E-state index contributed by atoms with van der Waals surface area (Å²) >= 11 is 0. The SMILES string of the molecule is Cc1cc(NCc2cnc3n2CCC3)ncn1. The first-order chi connectivity index (χ1) is 8.33. The molecular weight excluding hydrogens is 214 g/mol.